The minimum Gasteiger partial charge on any atom is -0.304 e. The molecule has 0 amide bonds. The van der Waals surface area contributed by atoms with Crippen molar-refractivity contribution in [1.82, 2.24) is 19.2 Å². The largest absolute Gasteiger partial charge is 0.330 e. The molecule has 0 bridgehead atoms. The molecule has 1 N–H and O–H groups in total. The number of aromatic nitrogens is 4. The number of nitrogens with zero attached hydrogens (tertiary/aromatic N) is 5. The van der Waals surface area contributed by atoms with Gasteiger partial charge in [-0.15, -0.1) is 5.10 Å². The number of hydrogen-bond donors (Lipinski definition) is 1. The topological polar surface area (TPSA) is 158 Å². The van der Waals surface area contributed by atoms with Crippen LogP contribution in [0.25, 0.3) is 16.8 Å². The zero-order chi connectivity index (χ0) is 20.0. The van der Waals surface area contributed by atoms with Crippen molar-refractivity contribution < 1.29 is 9.85 Å². The Morgan fingerprint density at radius 3 is 2.18 bits per heavy atom. The number of rotatable bonds is 4. The number of nitrogens with one attached hydrogen (secondary N) is 1. The molecule has 4 aromatic rings. The van der Waals surface area contributed by atoms with Crippen LogP contribution >= 0.6 is 0 Å². The van der Waals surface area contributed by atoms with Crippen molar-refractivity contribution in [1.29, 1.82) is 0 Å². The molecule has 2 aromatic carbocycles. The number of fused-ring (bicyclic) bond motifs is 3. The summed E-state index contributed by atoms with van der Waals surface area (Å²) in [6, 6.07) is 9.98. The van der Waals surface area contributed by atoms with Crippen LogP contribution in [0.3, 0.4) is 0 Å². The van der Waals surface area contributed by atoms with Gasteiger partial charge in [0.05, 0.1) is 33.5 Å². The monoisotopic (exact) mass is 382 g/mol. The lowest BCUT2D eigenvalue weighted by atomic mass is 10.1. The lowest BCUT2D eigenvalue weighted by Gasteiger charge is -2.06. The predicted molar refractivity (Wildman–Crippen MR) is 96.4 cm³/mol. The van der Waals surface area contributed by atoms with Gasteiger partial charge in [0.15, 0.2) is 0 Å². The van der Waals surface area contributed by atoms with E-state index in [9.17, 15) is 29.8 Å². The van der Waals surface area contributed by atoms with Crippen LogP contribution in [0.4, 0.5) is 11.4 Å². The van der Waals surface area contributed by atoms with E-state index in [2.05, 4.69) is 10.2 Å². The van der Waals surface area contributed by atoms with Crippen molar-refractivity contribution in [3.05, 3.63) is 89.0 Å². The van der Waals surface area contributed by atoms with Gasteiger partial charge < -0.3 is 4.57 Å². The van der Waals surface area contributed by atoms with E-state index in [0.29, 0.717) is 11.0 Å². The number of non-ortho nitro benzene ring substituents is 2. The lowest BCUT2D eigenvalue weighted by molar-refractivity contribution is -0.394. The van der Waals surface area contributed by atoms with Gasteiger partial charge in [-0.05, 0) is 17.7 Å². The van der Waals surface area contributed by atoms with Gasteiger partial charge in [0.2, 0.25) is 5.78 Å². The molecule has 12 nitrogen and oxygen atoms in total. The van der Waals surface area contributed by atoms with Crippen LogP contribution < -0.4 is 11.1 Å². The third kappa shape index (κ3) is 2.59. The molecule has 0 unspecified atom stereocenters. The Balaban J connectivity index is 1.99. The summed E-state index contributed by atoms with van der Waals surface area (Å²) in [6.45, 7) is -0.0436. The van der Waals surface area contributed by atoms with E-state index >= 15 is 0 Å². The second-order valence-electron chi connectivity index (χ2n) is 5.94. The van der Waals surface area contributed by atoms with Crippen molar-refractivity contribution >= 4 is 28.2 Å². The van der Waals surface area contributed by atoms with Gasteiger partial charge in [-0.25, -0.2) is 9.50 Å². The van der Waals surface area contributed by atoms with Crippen LogP contribution in [0.15, 0.2) is 52.1 Å². The molecule has 0 spiro atoms. The Bertz CT molecular complexity index is 1370. The van der Waals surface area contributed by atoms with E-state index in [4.69, 9.17) is 0 Å². The second kappa shape index (κ2) is 6.12. The molecule has 0 radical (unpaired) electrons. The number of nitro groups is 2. The molecule has 0 atom stereocenters. The highest BCUT2D eigenvalue weighted by molar-refractivity contribution is 5.80. The summed E-state index contributed by atoms with van der Waals surface area (Å²) in [6.07, 6.45) is 0. The fourth-order valence-corrected chi connectivity index (χ4v) is 3.08. The summed E-state index contributed by atoms with van der Waals surface area (Å²) < 4.78 is 2.66. The first-order chi connectivity index (χ1) is 13.4. The maximum absolute atomic E-state index is 12.3. The van der Waals surface area contributed by atoms with E-state index in [-0.39, 0.29) is 17.9 Å². The Hall–Kier alpha value is -4.35. The minimum atomic E-state index is -0.897. The first-order valence-corrected chi connectivity index (χ1v) is 7.88. The number of aromatic amines is 1. The first-order valence-electron chi connectivity index (χ1n) is 7.88. The molecule has 0 fully saturated rings. The van der Waals surface area contributed by atoms with E-state index in [0.717, 1.165) is 10.5 Å². The highest BCUT2D eigenvalue weighted by Gasteiger charge is 2.19. The molecule has 4 rings (SSSR count). The summed E-state index contributed by atoms with van der Waals surface area (Å²) in [5.74, 6) is 0.0972. The van der Waals surface area contributed by atoms with Gasteiger partial charge >= 0.3 is 11.1 Å². The molecule has 28 heavy (non-hydrogen) atoms. The molecule has 0 aliphatic rings. The number of hydrogen-bond acceptors (Lipinski definition) is 7. The van der Waals surface area contributed by atoms with Gasteiger partial charge in [0.25, 0.3) is 11.4 Å². The van der Waals surface area contributed by atoms with Crippen LogP contribution in [0.1, 0.15) is 5.56 Å². The SMILES string of the molecule is O=c1[nH]nc2n(Cc3cc([N+](=O)[O-])cc([N+](=O)[O-])c3)c3ccccc3n2c1=O. The minimum absolute atomic E-state index is 0.0436. The van der Waals surface area contributed by atoms with Gasteiger partial charge in [-0.1, -0.05) is 12.1 Å². The quantitative estimate of drug-likeness (QED) is 0.315. The Morgan fingerprint density at radius 2 is 1.57 bits per heavy atom. The third-order valence-electron chi connectivity index (χ3n) is 4.23. The zero-order valence-corrected chi connectivity index (χ0v) is 13.9. The fourth-order valence-electron chi connectivity index (χ4n) is 3.08. The van der Waals surface area contributed by atoms with Gasteiger partial charge in [-0.2, -0.15) is 0 Å². The smallest absolute Gasteiger partial charge is 0.304 e. The first kappa shape index (κ1) is 17.1. The molecular formula is C16H10N6O6. The van der Waals surface area contributed by atoms with Crippen LogP contribution in [-0.2, 0) is 6.54 Å². The molecule has 0 aliphatic carbocycles. The third-order valence-corrected chi connectivity index (χ3v) is 4.23. The van der Waals surface area contributed by atoms with Crippen LogP contribution in [0.2, 0.25) is 0 Å². The maximum Gasteiger partial charge on any atom is 0.330 e. The summed E-state index contributed by atoms with van der Waals surface area (Å²) in [5, 5.41) is 28.3. The highest BCUT2D eigenvalue weighted by atomic mass is 16.6. The molecule has 2 heterocycles. The Labute approximate surface area is 153 Å². The van der Waals surface area contributed by atoms with Crippen LogP contribution in [0, 0.1) is 20.2 Å². The zero-order valence-electron chi connectivity index (χ0n) is 13.9. The van der Waals surface area contributed by atoms with Crippen molar-refractivity contribution in [3.63, 3.8) is 0 Å². The van der Waals surface area contributed by atoms with Crippen molar-refractivity contribution in [2.45, 2.75) is 6.54 Å². The molecule has 12 heteroatoms. The molecule has 0 aliphatic heterocycles. The number of imidazole rings is 1. The van der Waals surface area contributed by atoms with E-state index in [1.807, 2.05) is 0 Å². The Kier molecular flexibility index (Phi) is 3.73. The molecule has 0 saturated heterocycles. The summed E-state index contributed by atoms with van der Waals surface area (Å²) in [4.78, 5) is 44.7. The summed E-state index contributed by atoms with van der Waals surface area (Å²) in [7, 11) is 0. The maximum atomic E-state index is 12.3. The second-order valence-corrected chi connectivity index (χ2v) is 5.94. The molecule has 140 valence electrons. The van der Waals surface area contributed by atoms with Crippen LogP contribution in [0.5, 0.6) is 0 Å². The fraction of sp³-hybridized carbons (Fsp3) is 0.0625. The molecule has 0 saturated carbocycles. The van der Waals surface area contributed by atoms with E-state index < -0.39 is 32.3 Å². The van der Waals surface area contributed by atoms with Crippen molar-refractivity contribution in [2.24, 2.45) is 0 Å². The standard InChI is InChI=1S/C16H10N6O6/c23-14-15(24)20-13-4-2-1-3-12(13)19(16(20)18-17-14)8-9-5-10(21(25)26)7-11(6-9)22(27)28/h1-7H,8H2,(H,17,23). The average molecular weight is 382 g/mol. The lowest BCUT2D eigenvalue weighted by Crippen LogP contribution is -2.33. The number of H-pyrrole nitrogens is 1. The molecule has 2 aromatic heterocycles. The van der Waals surface area contributed by atoms with E-state index in [1.165, 1.54) is 16.7 Å². The molecular weight excluding hydrogens is 372 g/mol. The summed E-state index contributed by atoms with van der Waals surface area (Å²) >= 11 is 0. The van der Waals surface area contributed by atoms with Gasteiger partial charge in [0, 0.05) is 12.1 Å². The summed E-state index contributed by atoms with van der Waals surface area (Å²) in [5.41, 5.74) is -1.37. The predicted octanol–water partition coefficient (Wildman–Crippen LogP) is 1.20. The van der Waals surface area contributed by atoms with Crippen LogP contribution in [-0.4, -0.2) is 29.0 Å². The highest BCUT2D eigenvalue weighted by Crippen LogP contribution is 2.25. The number of para-hydroxylation sites is 2. The Morgan fingerprint density at radius 1 is 0.964 bits per heavy atom. The van der Waals surface area contributed by atoms with Crippen molar-refractivity contribution in [3.8, 4) is 0 Å². The number of benzene rings is 2. The number of nitro benzene ring substituents is 2. The van der Waals surface area contributed by atoms with Crippen molar-refractivity contribution in [2.75, 3.05) is 0 Å². The van der Waals surface area contributed by atoms with E-state index in [1.54, 1.807) is 24.3 Å². The van der Waals surface area contributed by atoms with Gasteiger partial charge in [0.1, 0.15) is 0 Å². The normalized spacial score (nSPS) is 11.1. The average Bonchev–Trinajstić information content (AvgIpc) is 2.99. The van der Waals surface area contributed by atoms with Gasteiger partial charge in [-0.3, -0.25) is 29.8 Å².